The van der Waals surface area contributed by atoms with E-state index in [1.165, 1.54) is 11.8 Å². The van der Waals surface area contributed by atoms with Crippen LogP contribution in [0.1, 0.15) is 5.56 Å². The lowest BCUT2D eigenvalue weighted by Crippen LogP contribution is -2.02. The third-order valence-corrected chi connectivity index (χ3v) is 3.46. The normalized spacial score (nSPS) is 10.5. The first kappa shape index (κ1) is 12.4. The Kier molecular flexibility index (Phi) is 4.36. The Labute approximate surface area is 109 Å². The van der Waals surface area contributed by atoms with Gasteiger partial charge in [-0.05, 0) is 30.7 Å². The third kappa shape index (κ3) is 3.43. The van der Waals surface area contributed by atoms with Crippen molar-refractivity contribution in [3.05, 3.63) is 47.4 Å². The van der Waals surface area contributed by atoms with Crippen LogP contribution in [0.15, 0.2) is 46.7 Å². The van der Waals surface area contributed by atoms with E-state index in [1.807, 2.05) is 18.2 Å². The molecule has 2 rings (SSSR count). The van der Waals surface area contributed by atoms with Gasteiger partial charge in [0.2, 0.25) is 0 Å². The van der Waals surface area contributed by atoms with Crippen LogP contribution in [0.5, 0.6) is 0 Å². The van der Waals surface area contributed by atoms with E-state index in [0.29, 0.717) is 6.54 Å². The highest BCUT2D eigenvalue weighted by Gasteiger charge is 2.03. The van der Waals surface area contributed by atoms with Gasteiger partial charge in [0.05, 0.1) is 6.20 Å². The molecule has 5 heteroatoms. The molecule has 0 bridgehead atoms. The highest BCUT2D eigenvalue weighted by Crippen LogP contribution is 2.29. The number of hydrogen-bond acceptors (Lipinski definition) is 4. The van der Waals surface area contributed by atoms with Crippen LogP contribution >= 0.6 is 23.4 Å². The second kappa shape index (κ2) is 6.00. The summed E-state index contributed by atoms with van der Waals surface area (Å²) in [5.41, 5.74) is 6.59. The topological polar surface area (TPSA) is 51.8 Å². The summed E-state index contributed by atoms with van der Waals surface area (Å²) in [5.74, 6) is 0. The van der Waals surface area contributed by atoms with Crippen LogP contribution in [0, 0.1) is 0 Å². The Balaban J connectivity index is 2.15. The number of rotatable bonds is 4. The molecule has 0 amide bonds. The van der Waals surface area contributed by atoms with Gasteiger partial charge < -0.3 is 5.73 Å². The second-order valence-electron chi connectivity index (χ2n) is 3.44. The molecule has 1 aromatic carbocycles. The Bertz CT molecular complexity index is 490. The Hall–Kier alpha value is -1.10. The molecule has 0 fully saturated rings. The molecule has 17 heavy (non-hydrogen) atoms. The molecular formula is C12H12ClN3S. The summed E-state index contributed by atoms with van der Waals surface area (Å²) in [6.07, 6.45) is 5.86. The molecular weight excluding hydrogens is 254 g/mol. The number of aromatic nitrogens is 2. The Morgan fingerprint density at radius 3 is 2.82 bits per heavy atom. The molecule has 0 aliphatic carbocycles. The van der Waals surface area contributed by atoms with Crippen molar-refractivity contribution in [2.45, 2.75) is 16.3 Å². The third-order valence-electron chi connectivity index (χ3n) is 2.20. The van der Waals surface area contributed by atoms with E-state index in [0.717, 1.165) is 26.9 Å². The van der Waals surface area contributed by atoms with E-state index in [-0.39, 0.29) is 0 Å². The number of halogens is 1. The minimum Gasteiger partial charge on any atom is -0.330 e. The smallest absolute Gasteiger partial charge is 0.119 e. The van der Waals surface area contributed by atoms with Crippen LogP contribution in [-0.4, -0.2) is 16.5 Å². The van der Waals surface area contributed by atoms with Crippen molar-refractivity contribution < 1.29 is 0 Å². The minimum absolute atomic E-state index is 0.608. The van der Waals surface area contributed by atoms with E-state index in [9.17, 15) is 0 Å². The zero-order chi connectivity index (χ0) is 12.1. The van der Waals surface area contributed by atoms with Crippen molar-refractivity contribution in [3.8, 4) is 0 Å². The monoisotopic (exact) mass is 265 g/mol. The molecule has 0 aliphatic heterocycles. The Morgan fingerprint density at radius 1 is 1.29 bits per heavy atom. The van der Waals surface area contributed by atoms with Crippen molar-refractivity contribution >= 4 is 23.4 Å². The maximum absolute atomic E-state index is 6.17. The summed E-state index contributed by atoms with van der Waals surface area (Å²) in [7, 11) is 0. The number of hydrogen-bond donors (Lipinski definition) is 1. The van der Waals surface area contributed by atoms with E-state index < -0.39 is 0 Å². The molecule has 1 heterocycles. The maximum Gasteiger partial charge on any atom is 0.119 e. The van der Waals surface area contributed by atoms with E-state index in [2.05, 4.69) is 9.97 Å². The van der Waals surface area contributed by atoms with Gasteiger partial charge in [0.1, 0.15) is 5.03 Å². The number of nitrogens with two attached hydrogens (primary N) is 1. The summed E-state index contributed by atoms with van der Waals surface area (Å²) >= 11 is 7.71. The highest BCUT2D eigenvalue weighted by molar-refractivity contribution is 7.99. The van der Waals surface area contributed by atoms with Gasteiger partial charge in [-0.1, -0.05) is 29.4 Å². The lowest BCUT2D eigenvalue weighted by molar-refractivity contribution is 0.966. The Morgan fingerprint density at radius 2 is 2.18 bits per heavy atom. The van der Waals surface area contributed by atoms with Crippen LogP contribution in [-0.2, 0) is 6.42 Å². The first-order chi connectivity index (χ1) is 8.29. The van der Waals surface area contributed by atoms with Crippen molar-refractivity contribution in [1.82, 2.24) is 9.97 Å². The molecule has 1 aromatic heterocycles. The van der Waals surface area contributed by atoms with Gasteiger partial charge >= 0.3 is 0 Å². The predicted octanol–water partition coefficient (Wildman–Crippen LogP) is 2.78. The summed E-state index contributed by atoms with van der Waals surface area (Å²) in [6.45, 7) is 0.608. The average molecular weight is 266 g/mol. The molecule has 0 aliphatic rings. The summed E-state index contributed by atoms with van der Waals surface area (Å²) in [5, 5.41) is 1.61. The van der Waals surface area contributed by atoms with Crippen LogP contribution in [0.2, 0.25) is 5.02 Å². The first-order valence-electron chi connectivity index (χ1n) is 5.22. The van der Waals surface area contributed by atoms with E-state index in [4.69, 9.17) is 17.3 Å². The van der Waals surface area contributed by atoms with Gasteiger partial charge in [-0.2, -0.15) is 0 Å². The van der Waals surface area contributed by atoms with E-state index >= 15 is 0 Å². The summed E-state index contributed by atoms with van der Waals surface area (Å²) in [6, 6.07) is 5.97. The van der Waals surface area contributed by atoms with Crippen molar-refractivity contribution in [2.24, 2.45) is 5.73 Å². The van der Waals surface area contributed by atoms with Gasteiger partial charge in [-0.3, -0.25) is 4.98 Å². The summed E-state index contributed by atoms with van der Waals surface area (Å²) in [4.78, 5) is 9.27. The van der Waals surface area contributed by atoms with Gasteiger partial charge in [-0.25, -0.2) is 4.98 Å². The fourth-order valence-electron chi connectivity index (χ4n) is 1.41. The molecule has 0 saturated heterocycles. The molecule has 0 saturated carbocycles. The van der Waals surface area contributed by atoms with Gasteiger partial charge in [-0.15, -0.1) is 0 Å². The average Bonchev–Trinajstić information content (AvgIpc) is 2.34. The van der Waals surface area contributed by atoms with E-state index in [1.54, 1.807) is 18.6 Å². The number of nitrogens with zero attached hydrogens (tertiary/aromatic N) is 2. The molecule has 2 aromatic rings. The number of benzene rings is 1. The highest BCUT2D eigenvalue weighted by atomic mass is 35.5. The van der Waals surface area contributed by atoms with Gasteiger partial charge in [0, 0.05) is 22.3 Å². The lowest BCUT2D eigenvalue weighted by atomic mass is 10.1. The molecule has 88 valence electrons. The molecule has 2 N–H and O–H groups in total. The zero-order valence-corrected chi connectivity index (χ0v) is 10.7. The fraction of sp³-hybridized carbons (Fsp3) is 0.167. The molecule has 0 radical (unpaired) electrons. The zero-order valence-electron chi connectivity index (χ0n) is 9.14. The van der Waals surface area contributed by atoms with Crippen LogP contribution in [0.3, 0.4) is 0 Å². The quantitative estimate of drug-likeness (QED) is 0.924. The van der Waals surface area contributed by atoms with Crippen molar-refractivity contribution in [1.29, 1.82) is 0 Å². The van der Waals surface area contributed by atoms with Crippen LogP contribution < -0.4 is 5.73 Å². The minimum atomic E-state index is 0.608. The molecule has 3 nitrogen and oxygen atoms in total. The molecule has 0 spiro atoms. The second-order valence-corrected chi connectivity index (χ2v) is 4.94. The largest absolute Gasteiger partial charge is 0.330 e. The van der Waals surface area contributed by atoms with Crippen LogP contribution in [0.25, 0.3) is 0 Å². The molecule has 0 atom stereocenters. The lowest BCUT2D eigenvalue weighted by Gasteiger charge is -2.05. The first-order valence-corrected chi connectivity index (χ1v) is 6.41. The standard InChI is InChI=1S/C12H12ClN3S/c13-11-7-10(2-1-9(11)3-4-14)17-12-8-15-5-6-16-12/h1-2,5-8H,3-4,14H2. The fourth-order valence-corrected chi connectivity index (χ4v) is 2.53. The predicted molar refractivity (Wildman–Crippen MR) is 70.4 cm³/mol. The van der Waals surface area contributed by atoms with Crippen LogP contribution in [0.4, 0.5) is 0 Å². The van der Waals surface area contributed by atoms with Crippen molar-refractivity contribution in [3.63, 3.8) is 0 Å². The van der Waals surface area contributed by atoms with Crippen molar-refractivity contribution in [2.75, 3.05) is 6.54 Å². The van der Waals surface area contributed by atoms with Gasteiger partial charge in [0.25, 0.3) is 0 Å². The maximum atomic E-state index is 6.17. The van der Waals surface area contributed by atoms with Gasteiger partial charge in [0.15, 0.2) is 0 Å². The SMILES string of the molecule is NCCc1ccc(Sc2cnccn2)cc1Cl. The molecule has 0 unspecified atom stereocenters. The summed E-state index contributed by atoms with van der Waals surface area (Å²) < 4.78 is 0.